The molecule has 2 nitrogen and oxygen atoms in total. The number of hydrogen-bond donors (Lipinski definition) is 0. The van der Waals surface area contributed by atoms with Gasteiger partial charge in [0.15, 0.2) is 11.5 Å². The van der Waals surface area contributed by atoms with Crippen LogP contribution >= 0.6 is 0 Å². The first-order valence-corrected chi connectivity index (χ1v) is 4.75. The first kappa shape index (κ1) is 7.68. The highest BCUT2D eigenvalue weighted by Crippen LogP contribution is 2.33. The molecule has 1 aromatic carbocycles. The summed E-state index contributed by atoms with van der Waals surface area (Å²) in [7, 11) is 0. The minimum Gasteiger partial charge on any atom is -0.489 e. The summed E-state index contributed by atoms with van der Waals surface area (Å²) in [5, 5.41) is 0. The Bertz CT molecular complexity index is 430. The van der Waals surface area contributed by atoms with Crippen molar-refractivity contribution in [3.05, 3.63) is 47.4 Å². The summed E-state index contributed by atoms with van der Waals surface area (Å²) in [4.78, 5) is 0. The van der Waals surface area contributed by atoms with Crippen molar-refractivity contribution in [3.8, 4) is 5.75 Å². The molecule has 0 aromatic heterocycles. The highest BCUT2D eigenvalue weighted by molar-refractivity contribution is 5.65. The predicted molar refractivity (Wildman–Crippen MR) is 53.7 cm³/mol. The van der Waals surface area contributed by atoms with Crippen LogP contribution in [0.4, 0.5) is 0 Å². The van der Waals surface area contributed by atoms with Crippen molar-refractivity contribution in [2.75, 3.05) is 6.61 Å². The first-order valence-electron chi connectivity index (χ1n) is 4.75. The fourth-order valence-corrected chi connectivity index (χ4v) is 1.69. The Morgan fingerprint density at radius 1 is 1.07 bits per heavy atom. The van der Waals surface area contributed by atoms with Crippen LogP contribution in [-0.2, 0) is 4.74 Å². The van der Waals surface area contributed by atoms with Crippen molar-refractivity contribution in [2.24, 2.45) is 0 Å². The van der Waals surface area contributed by atoms with E-state index >= 15 is 0 Å². The van der Waals surface area contributed by atoms with Gasteiger partial charge in [0, 0.05) is 12.0 Å². The van der Waals surface area contributed by atoms with Gasteiger partial charge in [-0.2, -0.15) is 0 Å². The number of hydrogen-bond acceptors (Lipinski definition) is 2. The molecule has 3 rings (SSSR count). The van der Waals surface area contributed by atoms with Gasteiger partial charge in [-0.3, -0.25) is 0 Å². The second kappa shape index (κ2) is 2.91. The van der Waals surface area contributed by atoms with E-state index in [-0.39, 0.29) is 0 Å². The third kappa shape index (κ3) is 1.11. The zero-order valence-electron chi connectivity index (χ0n) is 7.69. The van der Waals surface area contributed by atoms with E-state index in [0.717, 1.165) is 35.9 Å². The Hall–Kier alpha value is -1.70. The minimum atomic E-state index is 0.751. The topological polar surface area (TPSA) is 18.5 Å². The number of benzene rings is 1. The lowest BCUT2D eigenvalue weighted by Crippen LogP contribution is -2.12. The molecule has 0 radical (unpaired) electrons. The molecule has 0 N–H and O–H groups in total. The maximum absolute atomic E-state index is 5.70. The molecule has 2 aliphatic heterocycles. The fraction of sp³-hybridized carbons (Fsp3) is 0.167. The second-order valence-corrected chi connectivity index (χ2v) is 3.35. The number of fused-ring (bicyclic) bond motifs is 2. The smallest absolute Gasteiger partial charge is 0.165 e. The maximum atomic E-state index is 5.70. The molecule has 0 aliphatic carbocycles. The van der Waals surface area contributed by atoms with Crippen molar-refractivity contribution >= 4 is 6.08 Å². The summed E-state index contributed by atoms with van der Waals surface area (Å²) in [6, 6.07) is 7.97. The van der Waals surface area contributed by atoms with E-state index in [9.17, 15) is 0 Å². The van der Waals surface area contributed by atoms with Gasteiger partial charge in [-0.05, 0) is 18.2 Å². The Labute approximate surface area is 82.5 Å². The summed E-state index contributed by atoms with van der Waals surface area (Å²) < 4.78 is 11.2. The highest BCUT2D eigenvalue weighted by atomic mass is 16.5. The molecular formula is C12H10O2. The zero-order chi connectivity index (χ0) is 9.38. The highest BCUT2D eigenvalue weighted by Gasteiger charge is 2.19. The van der Waals surface area contributed by atoms with E-state index in [1.54, 1.807) is 0 Å². The summed E-state index contributed by atoms with van der Waals surface area (Å²) in [6.45, 7) is 0.751. The van der Waals surface area contributed by atoms with Gasteiger partial charge in [0.25, 0.3) is 0 Å². The first-order chi connectivity index (χ1) is 6.93. The molecule has 0 atom stereocenters. The van der Waals surface area contributed by atoms with Gasteiger partial charge >= 0.3 is 0 Å². The lowest BCUT2D eigenvalue weighted by Gasteiger charge is -2.23. The molecule has 0 unspecified atom stereocenters. The molecular weight excluding hydrogens is 176 g/mol. The van der Waals surface area contributed by atoms with E-state index in [1.807, 2.05) is 30.3 Å². The van der Waals surface area contributed by atoms with Crippen LogP contribution in [0.2, 0.25) is 0 Å². The predicted octanol–water partition coefficient (Wildman–Crippen LogP) is 2.72. The zero-order valence-corrected chi connectivity index (χ0v) is 7.69. The van der Waals surface area contributed by atoms with E-state index in [1.165, 1.54) is 0 Å². The van der Waals surface area contributed by atoms with Crippen LogP contribution < -0.4 is 4.74 Å². The summed E-state index contributed by atoms with van der Waals surface area (Å²) in [5.74, 6) is 2.62. The Kier molecular flexibility index (Phi) is 1.60. The van der Waals surface area contributed by atoms with Crippen molar-refractivity contribution < 1.29 is 9.47 Å². The number of para-hydroxylation sites is 1. The van der Waals surface area contributed by atoms with Crippen molar-refractivity contribution in [2.45, 2.75) is 6.42 Å². The van der Waals surface area contributed by atoms with E-state index in [4.69, 9.17) is 9.47 Å². The van der Waals surface area contributed by atoms with Crippen molar-refractivity contribution in [1.82, 2.24) is 0 Å². The Balaban J connectivity index is 2.13. The standard InChI is InChI=1S/C12H10O2/c1-2-5-10-9(4-1)8-12-11(14-10)6-3-7-13-12/h1-2,4-6,8H,3,7H2. The van der Waals surface area contributed by atoms with Crippen LogP contribution in [0.5, 0.6) is 5.75 Å². The van der Waals surface area contributed by atoms with Crippen LogP contribution in [0.3, 0.4) is 0 Å². The molecule has 2 heteroatoms. The molecule has 14 heavy (non-hydrogen) atoms. The molecule has 0 saturated carbocycles. The monoisotopic (exact) mass is 186 g/mol. The molecule has 0 bridgehead atoms. The number of rotatable bonds is 0. The van der Waals surface area contributed by atoms with Crippen LogP contribution in [0.1, 0.15) is 12.0 Å². The van der Waals surface area contributed by atoms with Gasteiger partial charge in [-0.1, -0.05) is 18.2 Å². The molecule has 2 aliphatic rings. The quantitative estimate of drug-likeness (QED) is 0.620. The van der Waals surface area contributed by atoms with Gasteiger partial charge in [0.2, 0.25) is 0 Å². The van der Waals surface area contributed by atoms with Crippen molar-refractivity contribution in [1.29, 1.82) is 0 Å². The SMILES string of the molecule is C1=C2OCCC=C2Oc2ccccc21. The minimum absolute atomic E-state index is 0.751. The maximum Gasteiger partial charge on any atom is 0.165 e. The van der Waals surface area contributed by atoms with Crippen molar-refractivity contribution in [3.63, 3.8) is 0 Å². The summed E-state index contributed by atoms with van der Waals surface area (Å²) in [6.07, 6.45) is 5.03. The average molecular weight is 186 g/mol. The van der Waals surface area contributed by atoms with Crippen LogP contribution in [-0.4, -0.2) is 6.61 Å². The average Bonchev–Trinajstić information content (AvgIpc) is 2.26. The molecule has 0 amide bonds. The van der Waals surface area contributed by atoms with Gasteiger partial charge in [0.05, 0.1) is 6.61 Å². The number of ether oxygens (including phenoxy) is 2. The lowest BCUT2D eigenvalue weighted by atomic mass is 10.1. The van der Waals surface area contributed by atoms with Crippen LogP contribution in [0.25, 0.3) is 6.08 Å². The van der Waals surface area contributed by atoms with Crippen LogP contribution in [0.15, 0.2) is 41.9 Å². The molecule has 70 valence electrons. The van der Waals surface area contributed by atoms with E-state index in [0.29, 0.717) is 0 Å². The molecule has 0 fully saturated rings. The summed E-state index contributed by atoms with van der Waals surface area (Å²) in [5.41, 5.74) is 1.08. The molecule has 1 aromatic rings. The van der Waals surface area contributed by atoms with Gasteiger partial charge in [-0.15, -0.1) is 0 Å². The lowest BCUT2D eigenvalue weighted by molar-refractivity contribution is 0.188. The third-order valence-electron chi connectivity index (χ3n) is 2.37. The molecule has 0 spiro atoms. The normalized spacial score (nSPS) is 18.0. The summed E-state index contributed by atoms with van der Waals surface area (Å²) >= 11 is 0. The van der Waals surface area contributed by atoms with Gasteiger partial charge in [-0.25, -0.2) is 0 Å². The van der Waals surface area contributed by atoms with Crippen LogP contribution in [0, 0.1) is 0 Å². The molecule has 0 saturated heterocycles. The Morgan fingerprint density at radius 3 is 3.00 bits per heavy atom. The fourth-order valence-electron chi connectivity index (χ4n) is 1.69. The second-order valence-electron chi connectivity index (χ2n) is 3.35. The largest absolute Gasteiger partial charge is 0.489 e. The Morgan fingerprint density at radius 2 is 2.00 bits per heavy atom. The van der Waals surface area contributed by atoms with Gasteiger partial charge < -0.3 is 9.47 Å². The molecule has 2 heterocycles. The van der Waals surface area contributed by atoms with E-state index in [2.05, 4.69) is 6.08 Å². The third-order valence-corrected chi connectivity index (χ3v) is 2.37. The van der Waals surface area contributed by atoms with E-state index < -0.39 is 0 Å². The van der Waals surface area contributed by atoms with Gasteiger partial charge in [0.1, 0.15) is 5.75 Å².